The number of benzene rings is 7. The predicted molar refractivity (Wildman–Crippen MR) is 253 cm³/mol. The van der Waals surface area contributed by atoms with Crippen LogP contribution in [0.15, 0.2) is 150 Å². The molecule has 5 aromatic heterocycles. The van der Waals surface area contributed by atoms with Crippen molar-refractivity contribution < 1.29 is 24.5 Å². The largest absolute Gasteiger partial charge is 0.500 e. The first-order valence-corrected chi connectivity index (χ1v) is 21.2. The van der Waals surface area contributed by atoms with Crippen LogP contribution in [0.4, 0.5) is 0 Å². The number of imidazole rings is 1. The fourth-order valence-electron chi connectivity index (χ4n) is 9.40. The van der Waals surface area contributed by atoms with Crippen molar-refractivity contribution in [1.82, 2.24) is 18.9 Å². The van der Waals surface area contributed by atoms with Gasteiger partial charge in [0.1, 0.15) is 5.58 Å². The number of hydrogen-bond donors (Lipinski definition) is 0. The number of aryl methyl sites for hydroxylation is 2. The second-order valence-electron chi connectivity index (χ2n) is 16.9. The molecule has 0 unspecified atom stereocenters. The average molecular weight is 981 g/mol. The summed E-state index contributed by atoms with van der Waals surface area (Å²) in [6.07, 6.45) is 1.93. The molecule has 1 radical (unpaired) electrons. The minimum absolute atomic E-state index is 0. The quantitative estimate of drug-likeness (QED) is 0.161. The van der Waals surface area contributed by atoms with Gasteiger partial charge in [0.25, 0.3) is 0 Å². The molecule has 0 aliphatic carbocycles. The van der Waals surface area contributed by atoms with Crippen LogP contribution in [0.5, 0.6) is 0 Å². The fourth-order valence-corrected chi connectivity index (χ4v) is 9.40. The molecule has 0 aliphatic rings. The Labute approximate surface area is 374 Å². The van der Waals surface area contributed by atoms with Gasteiger partial charge in [0, 0.05) is 53.5 Å². The third-order valence-electron chi connectivity index (χ3n) is 12.5. The van der Waals surface area contributed by atoms with Crippen LogP contribution in [-0.2, 0) is 20.1 Å². The summed E-state index contributed by atoms with van der Waals surface area (Å²) in [5.41, 5.74) is 16.8. The zero-order valence-electron chi connectivity index (χ0n) is 35.5. The number of para-hydroxylation sites is 5. The average Bonchev–Trinajstić information content (AvgIpc) is 4.05. The summed E-state index contributed by atoms with van der Waals surface area (Å²) in [5.74, 6) is 1.80. The second-order valence-corrected chi connectivity index (χ2v) is 16.9. The van der Waals surface area contributed by atoms with Gasteiger partial charge < -0.3 is 18.4 Å². The first kappa shape index (κ1) is 39.5. The summed E-state index contributed by atoms with van der Waals surface area (Å²) in [7, 11) is 0. The van der Waals surface area contributed by atoms with Crippen molar-refractivity contribution in [2.45, 2.75) is 53.4 Å². The number of nitrogens with zero attached hydrogens (tertiary/aromatic N) is 4. The number of fused-ring (bicyclic) bond motifs is 11. The molecule has 0 saturated heterocycles. The zero-order chi connectivity index (χ0) is 41.5. The minimum Gasteiger partial charge on any atom is -0.500 e. The molecule has 0 spiro atoms. The molecule has 0 amide bonds. The Hall–Kier alpha value is -6.59. The Morgan fingerprint density at radius 2 is 1.27 bits per heavy atom. The van der Waals surface area contributed by atoms with Gasteiger partial charge in [-0.05, 0) is 72.3 Å². The fraction of sp³-hybridized carbons (Fsp3) is 0.143. The van der Waals surface area contributed by atoms with E-state index in [4.69, 9.17) is 14.4 Å². The van der Waals surface area contributed by atoms with E-state index in [0.29, 0.717) is 11.8 Å². The molecule has 5 nitrogen and oxygen atoms in total. The van der Waals surface area contributed by atoms with E-state index in [9.17, 15) is 0 Å². The molecule has 0 bridgehead atoms. The van der Waals surface area contributed by atoms with Crippen molar-refractivity contribution in [1.29, 1.82) is 0 Å². The Morgan fingerprint density at radius 1 is 0.581 bits per heavy atom. The van der Waals surface area contributed by atoms with E-state index in [-0.39, 0.29) is 20.1 Å². The van der Waals surface area contributed by atoms with Crippen LogP contribution >= 0.6 is 0 Å². The SMILES string of the molecule is CC(C)c1cccc(C(C)C)c1-n1c(-c2[c-]cccc2)nc2ccccc21.Cc1cnc(-c2[c-]ccc3c2oc2c3ccc3c2c2cccc4c5ccccc5n3c42)cc1C.[Ir]. The summed E-state index contributed by atoms with van der Waals surface area (Å²) in [6, 6.07) is 55.8. The van der Waals surface area contributed by atoms with Crippen molar-refractivity contribution in [3.63, 3.8) is 0 Å². The number of hydrogen-bond acceptors (Lipinski definition) is 3. The molecule has 5 heterocycles. The molecule has 12 aromatic rings. The normalized spacial score (nSPS) is 11.9. The maximum Gasteiger partial charge on any atom is 0.130 e. The molecule has 7 aromatic carbocycles. The number of pyridine rings is 1. The first-order valence-electron chi connectivity index (χ1n) is 21.2. The van der Waals surface area contributed by atoms with Gasteiger partial charge in [0.2, 0.25) is 0 Å². The van der Waals surface area contributed by atoms with Gasteiger partial charge in [-0.25, -0.2) is 0 Å². The van der Waals surface area contributed by atoms with Crippen LogP contribution < -0.4 is 0 Å². The van der Waals surface area contributed by atoms with Gasteiger partial charge in [-0.1, -0.05) is 123 Å². The summed E-state index contributed by atoms with van der Waals surface area (Å²) in [5, 5.41) is 7.18. The van der Waals surface area contributed by atoms with Crippen LogP contribution in [0.2, 0.25) is 0 Å². The van der Waals surface area contributed by atoms with Gasteiger partial charge in [0.05, 0.1) is 44.4 Å². The minimum atomic E-state index is 0. The van der Waals surface area contributed by atoms with E-state index in [2.05, 4.69) is 178 Å². The predicted octanol–water partition coefficient (Wildman–Crippen LogP) is 15.0. The van der Waals surface area contributed by atoms with Gasteiger partial charge in [-0.3, -0.25) is 4.98 Å². The first-order chi connectivity index (χ1) is 29.8. The van der Waals surface area contributed by atoms with E-state index in [1.165, 1.54) is 66.0 Å². The Kier molecular flexibility index (Phi) is 9.82. The van der Waals surface area contributed by atoms with E-state index < -0.39 is 0 Å². The molecule has 0 N–H and O–H groups in total. The van der Waals surface area contributed by atoms with Crippen molar-refractivity contribution in [2.24, 2.45) is 0 Å². The second kappa shape index (κ2) is 15.4. The molecule has 12 rings (SSSR count). The molecule has 305 valence electrons. The van der Waals surface area contributed by atoms with E-state index in [1.807, 2.05) is 30.5 Å². The van der Waals surface area contributed by atoms with Crippen LogP contribution in [0, 0.1) is 26.0 Å². The van der Waals surface area contributed by atoms with Gasteiger partial charge in [0.15, 0.2) is 0 Å². The monoisotopic (exact) mass is 981 g/mol. The summed E-state index contributed by atoms with van der Waals surface area (Å²) in [4.78, 5) is 9.69. The number of furan rings is 1. The Balaban J connectivity index is 0.000000150. The molecule has 0 atom stereocenters. The van der Waals surface area contributed by atoms with Crippen molar-refractivity contribution in [3.05, 3.63) is 180 Å². The molecule has 0 fully saturated rings. The van der Waals surface area contributed by atoms with Crippen LogP contribution in [0.25, 0.3) is 99.4 Å². The van der Waals surface area contributed by atoms with Crippen LogP contribution in [-0.4, -0.2) is 18.9 Å². The topological polar surface area (TPSA) is 48.3 Å². The number of aromatic nitrogens is 4. The molecular formula is C56H44IrN4O-2. The van der Waals surface area contributed by atoms with E-state index >= 15 is 0 Å². The third kappa shape index (κ3) is 6.07. The summed E-state index contributed by atoms with van der Waals surface area (Å²) < 4.78 is 11.4. The van der Waals surface area contributed by atoms with Crippen LogP contribution in [0.3, 0.4) is 0 Å². The van der Waals surface area contributed by atoms with Crippen molar-refractivity contribution in [3.8, 4) is 28.3 Å². The van der Waals surface area contributed by atoms with Crippen LogP contribution in [0.1, 0.15) is 61.8 Å². The molecule has 0 aliphatic heterocycles. The smallest absolute Gasteiger partial charge is 0.130 e. The van der Waals surface area contributed by atoms with Crippen molar-refractivity contribution >= 4 is 71.1 Å². The maximum atomic E-state index is 6.71. The van der Waals surface area contributed by atoms with Gasteiger partial charge in [-0.2, -0.15) is 0 Å². The number of rotatable bonds is 5. The van der Waals surface area contributed by atoms with Gasteiger partial charge in [-0.15, -0.1) is 54.1 Å². The van der Waals surface area contributed by atoms with E-state index in [0.717, 1.165) is 55.6 Å². The van der Waals surface area contributed by atoms with E-state index in [1.54, 1.807) is 0 Å². The standard InChI is InChI=1S/C31H19N2O.C25H25N2.Ir/c1-17-15-25(32-16-18(17)2)23-10-6-9-21-22-13-14-27-28(31(22)34-30(21)23)24-11-5-8-20-19-7-3-4-12-26(19)33(27)29(20)24;1-17(2)20-13-10-14-21(18(3)4)24(20)27-23-16-9-8-15-22(23)26-25(27)19-11-6-5-7-12-19;/h3-9,11-16H,1-2H3;5-11,13-18H,1-4H3;/q2*-1;. The van der Waals surface area contributed by atoms with Gasteiger partial charge >= 0.3 is 0 Å². The Bertz CT molecular complexity index is 3600. The molecule has 6 heteroatoms. The van der Waals surface area contributed by atoms with Crippen molar-refractivity contribution in [2.75, 3.05) is 0 Å². The zero-order valence-corrected chi connectivity index (χ0v) is 37.9. The molecule has 0 saturated carbocycles. The third-order valence-corrected chi connectivity index (χ3v) is 12.5. The summed E-state index contributed by atoms with van der Waals surface area (Å²) in [6.45, 7) is 13.2. The molecular weight excluding hydrogens is 937 g/mol. The maximum absolute atomic E-state index is 6.71. The molecule has 62 heavy (non-hydrogen) atoms. The Morgan fingerprint density at radius 3 is 2.03 bits per heavy atom. The summed E-state index contributed by atoms with van der Waals surface area (Å²) >= 11 is 0.